The van der Waals surface area contributed by atoms with Gasteiger partial charge in [0.15, 0.2) is 5.11 Å². The fourth-order valence-electron chi connectivity index (χ4n) is 2.81. The Hall–Kier alpha value is -2.01. The van der Waals surface area contributed by atoms with Gasteiger partial charge in [0.25, 0.3) is 0 Å². The summed E-state index contributed by atoms with van der Waals surface area (Å²) in [6.45, 7) is 6.32. The predicted octanol–water partition coefficient (Wildman–Crippen LogP) is 5.01. The molecule has 2 nitrogen and oxygen atoms in total. The Morgan fingerprint density at radius 3 is 2.21 bits per heavy atom. The average Bonchev–Trinajstić information content (AvgIpc) is 2.51. The average molecular weight is 348 g/mol. The first kappa shape index (κ1) is 18.3. The van der Waals surface area contributed by atoms with E-state index in [4.69, 9.17) is 12.2 Å². The van der Waals surface area contributed by atoms with Gasteiger partial charge in [0.05, 0.1) is 0 Å². The Morgan fingerprint density at radius 1 is 1.04 bits per heavy atom. The van der Waals surface area contributed by atoms with E-state index in [1.165, 1.54) is 23.8 Å². The maximum absolute atomic E-state index is 13.7. The highest BCUT2D eigenvalue weighted by Gasteiger charge is 2.23. The topological polar surface area (TPSA) is 24.1 Å². The summed E-state index contributed by atoms with van der Waals surface area (Å²) in [4.78, 5) is 0. The van der Waals surface area contributed by atoms with E-state index in [1.807, 2.05) is 25.1 Å². The van der Waals surface area contributed by atoms with E-state index in [0.717, 1.165) is 6.42 Å². The van der Waals surface area contributed by atoms with Crippen LogP contribution in [0.5, 0.6) is 0 Å². The standard InChI is InChI=1S/C19H22F2N2S/c1-13(12-19(2,3)14-8-5-4-6-9-14)22-18(24)23-17-15(20)10-7-11-16(17)21/h4-11,13H,12H2,1-3H3,(H2,22,23,24). The largest absolute Gasteiger partial charge is 0.360 e. The summed E-state index contributed by atoms with van der Waals surface area (Å²) in [5.74, 6) is -1.34. The van der Waals surface area contributed by atoms with E-state index in [9.17, 15) is 8.78 Å². The summed E-state index contributed by atoms with van der Waals surface area (Å²) in [6, 6.07) is 13.9. The summed E-state index contributed by atoms with van der Waals surface area (Å²) in [7, 11) is 0. The van der Waals surface area contributed by atoms with Crippen LogP contribution in [0.15, 0.2) is 48.5 Å². The third-order valence-corrected chi connectivity index (χ3v) is 4.17. The Bertz CT molecular complexity index is 682. The minimum Gasteiger partial charge on any atom is -0.360 e. The van der Waals surface area contributed by atoms with Gasteiger partial charge in [-0.3, -0.25) is 0 Å². The first-order chi connectivity index (χ1) is 11.3. The minimum atomic E-state index is -0.670. The highest BCUT2D eigenvalue weighted by molar-refractivity contribution is 7.80. The molecule has 0 aromatic heterocycles. The fourth-order valence-corrected chi connectivity index (χ4v) is 3.12. The van der Waals surface area contributed by atoms with E-state index in [2.05, 4.69) is 36.6 Å². The molecule has 2 N–H and O–H groups in total. The van der Waals surface area contributed by atoms with Gasteiger partial charge in [0, 0.05) is 6.04 Å². The second-order valence-corrected chi connectivity index (χ2v) is 6.96. The van der Waals surface area contributed by atoms with Crippen molar-refractivity contribution in [2.75, 3.05) is 5.32 Å². The minimum absolute atomic E-state index is 0.0371. The van der Waals surface area contributed by atoms with Gasteiger partial charge < -0.3 is 10.6 Å². The van der Waals surface area contributed by atoms with Crippen molar-refractivity contribution in [3.63, 3.8) is 0 Å². The number of hydrogen-bond acceptors (Lipinski definition) is 1. The molecule has 5 heteroatoms. The molecule has 0 fully saturated rings. The molecule has 0 heterocycles. The summed E-state index contributed by atoms with van der Waals surface area (Å²) >= 11 is 5.18. The first-order valence-corrected chi connectivity index (χ1v) is 8.27. The smallest absolute Gasteiger partial charge is 0.171 e. The van der Waals surface area contributed by atoms with Crippen LogP contribution < -0.4 is 10.6 Å². The number of para-hydroxylation sites is 1. The van der Waals surface area contributed by atoms with Crippen molar-refractivity contribution in [2.24, 2.45) is 0 Å². The van der Waals surface area contributed by atoms with Gasteiger partial charge in [-0.1, -0.05) is 50.2 Å². The van der Waals surface area contributed by atoms with Crippen LogP contribution in [0, 0.1) is 11.6 Å². The summed E-state index contributed by atoms with van der Waals surface area (Å²) in [5.41, 5.74) is 0.953. The highest BCUT2D eigenvalue weighted by Crippen LogP contribution is 2.28. The van der Waals surface area contributed by atoms with Gasteiger partial charge in [-0.15, -0.1) is 0 Å². The molecule has 0 radical (unpaired) electrons. The zero-order chi connectivity index (χ0) is 17.7. The van der Waals surface area contributed by atoms with Crippen molar-refractivity contribution in [2.45, 2.75) is 38.6 Å². The highest BCUT2D eigenvalue weighted by atomic mass is 32.1. The first-order valence-electron chi connectivity index (χ1n) is 7.86. The SMILES string of the molecule is CC(CC(C)(C)c1ccccc1)NC(=S)Nc1c(F)cccc1F. The Kier molecular flexibility index (Phi) is 5.89. The molecular weight excluding hydrogens is 326 g/mol. The molecule has 128 valence electrons. The zero-order valence-electron chi connectivity index (χ0n) is 14.1. The number of benzene rings is 2. The zero-order valence-corrected chi connectivity index (χ0v) is 14.9. The molecule has 1 unspecified atom stereocenters. The Labute approximate surface area is 147 Å². The van der Waals surface area contributed by atoms with Gasteiger partial charge in [-0.2, -0.15) is 0 Å². The lowest BCUT2D eigenvalue weighted by Gasteiger charge is -2.29. The van der Waals surface area contributed by atoms with Crippen LogP contribution in [0.4, 0.5) is 14.5 Å². The summed E-state index contributed by atoms with van der Waals surface area (Å²) in [5, 5.41) is 5.90. The van der Waals surface area contributed by atoms with Crippen molar-refractivity contribution in [1.29, 1.82) is 0 Å². The normalized spacial score (nSPS) is 12.5. The molecule has 1 atom stereocenters. The van der Waals surface area contributed by atoms with Crippen molar-refractivity contribution >= 4 is 23.0 Å². The van der Waals surface area contributed by atoms with E-state index in [-0.39, 0.29) is 22.3 Å². The molecule has 0 amide bonds. The maximum atomic E-state index is 13.7. The number of nitrogens with one attached hydrogen (secondary N) is 2. The second-order valence-electron chi connectivity index (χ2n) is 6.55. The molecule has 2 aromatic carbocycles. The van der Waals surface area contributed by atoms with E-state index < -0.39 is 11.6 Å². The number of hydrogen-bond donors (Lipinski definition) is 2. The molecule has 2 rings (SSSR count). The molecule has 0 aliphatic rings. The Balaban J connectivity index is 1.97. The van der Waals surface area contributed by atoms with Gasteiger partial charge in [-0.05, 0) is 48.7 Å². The van der Waals surface area contributed by atoms with Crippen LogP contribution in [0.3, 0.4) is 0 Å². The molecule has 0 aliphatic heterocycles. The second kappa shape index (κ2) is 7.71. The third-order valence-electron chi connectivity index (χ3n) is 3.95. The molecule has 0 spiro atoms. The van der Waals surface area contributed by atoms with Crippen molar-refractivity contribution in [1.82, 2.24) is 5.32 Å². The number of rotatable bonds is 5. The van der Waals surface area contributed by atoms with Crippen LogP contribution >= 0.6 is 12.2 Å². The Morgan fingerprint density at radius 2 is 1.62 bits per heavy atom. The number of anilines is 1. The molecular formula is C19H22F2N2S. The van der Waals surface area contributed by atoms with Crippen LogP contribution in [0.1, 0.15) is 32.8 Å². The quantitative estimate of drug-likeness (QED) is 0.743. The lowest BCUT2D eigenvalue weighted by Crippen LogP contribution is -2.39. The van der Waals surface area contributed by atoms with E-state index >= 15 is 0 Å². The van der Waals surface area contributed by atoms with Crippen LogP contribution in [0.25, 0.3) is 0 Å². The predicted molar refractivity (Wildman–Crippen MR) is 99.3 cm³/mol. The number of thiocarbonyl (C=S) groups is 1. The summed E-state index contributed by atoms with van der Waals surface area (Å²) in [6.07, 6.45) is 0.818. The van der Waals surface area contributed by atoms with E-state index in [1.54, 1.807) is 0 Å². The molecule has 0 saturated carbocycles. The lowest BCUT2D eigenvalue weighted by atomic mass is 9.79. The molecule has 0 saturated heterocycles. The molecule has 0 bridgehead atoms. The summed E-state index contributed by atoms with van der Waals surface area (Å²) < 4.78 is 27.3. The molecule has 24 heavy (non-hydrogen) atoms. The van der Waals surface area contributed by atoms with Gasteiger partial charge in [-0.25, -0.2) is 8.78 Å². The van der Waals surface area contributed by atoms with Gasteiger partial charge in [0.1, 0.15) is 17.3 Å². The number of halogens is 2. The van der Waals surface area contributed by atoms with Gasteiger partial charge in [0.2, 0.25) is 0 Å². The maximum Gasteiger partial charge on any atom is 0.171 e. The molecule has 0 aliphatic carbocycles. The van der Waals surface area contributed by atoms with Crippen LogP contribution in [-0.4, -0.2) is 11.2 Å². The lowest BCUT2D eigenvalue weighted by molar-refractivity contribution is 0.420. The van der Waals surface area contributed by atoms with Crippen molar-refractivity contribution in [3.8, 4) is 0 Å². The fraction of sp³-hybridized carbons (Fsp3) is 0.316. The van der Waals surface area contributed by atoms with Crippen LogP contribution in [0.2, 0.25) is 0 Å². The van der Waals surface area contributed by atoms with Crippen molar-refractivity contribution < 1.29 is 8.78 Å². The van der Waals surface area contributed by atoms with Crippen LogP contribution in [-0.2, 0) is 5.41 Å². The van der Waals surface area contributed by atoms with Crippen molar-refractivity contribution in [3.05, 3.63) is 65.7 Å². The van der Waals surface area contributed by atoms with E-state index in [0.29, 0.717) is 0 Å². The van der Waals surface area contributed by atoms with Gasteiger partial charge >= 0.3 is 0 Å². The monoisotopic (exact) mass is 348 g/mol. The third kappa shape index (κ3) is 4.74. The molecule has 2 aromatic rings.